The molecule has 1 rings (SSSR count). The molecule has 14 heavy (non-hydrogen) atoms. The lowest BCUT2D eigenvalue weighted by molar-refractivity contribution is -0.112. The smallest absolute Gasteiger partial charge is 0.152 e. The van der Waals surface area contributed by atoms with Crippen LogP contribution in [-0.2, 0) is 4.79 Å². The van der Waals surface area contributed by atoms with Crippen molar-refractivity contribution >= 4 is 34.6 Å². The number of carbonyl (C=O) groups is 1. The van der Waals surface area contributed by atoms with E-state index in [2.05, 4.69) is 0 Å². The third kappa shape index (κ3) is 3.17. The molecule has 0 radical (unpaired) electrons. The highest BCUT2D eigenvalue weighted by molar-refractivity contribution is 6.34. The van der Waals surface area contributed by atoms with Crippen LogP contribution >= 0.6 is 23.2 Å². The molecular formula is C11H10Cl2O. The maximum Gasteiger partial charge on any atom is 0.152 e. The van der Waals surface area contributed by atoms with E-state index in [1.54, 1.807) is 24.3 Å². The number of allylic oxidation sites excluding steroid dienone is 2. The molecule has 1 nitrogen and oxygen atoms in total. The minimum atomic E-state index is 0.0126. The summed E-state index contributed by atoms with van der Waals surface area (Å²) in [6.07, 6.45) is 1.56. The van der Waals surface area contributed by atoms with Gasteiger partial charge < -0.3 is 0 Å². The molecule has 0 aliphatic carbocycles. The molecule has 0 N–H and O–H groups in total. The maximum absolute atomic E-state index is 10.9. The lowest BCUT2D eigenvalue weighted by Crippen LogP contribution is -1.86. The predicted octanol–water partition coefficient (Wildman–Crippen LogP) is 3.99. The summed E-state index contributed by atoms with van der Waals surface area (Å²) in [7, 11) is 0. The van der Waals surface area contributed by atoms with Gasteiger partial charge in [0.15, 0.2) is 5.78 Å². The Morgan fingerprint density at radius 1 is 1.14 bits per heavy atom. The minimum absolute atomic E-state index is 0.0126. The number of hydrogen-bond donors (Lipinski definition) is 0. The van der Waals surface area contributed by atoms with Crippen molar-refractivity contribution in [3.05, 3.63) is 39.9 Å². The monoisotopic (exact) mass is 228 g/mol. The van der Waals surface area contributed by atoms with Crippen molar-refractivity contribution in [3.8, 4) is 0 Å². The number of ketones is 1. The van der Waals surface area contributed by atoms with E-state index >= 15 is 0 Å². The van der Waals surface area contributed by atoms with Gasteiger partial charge in [0.1, 0.15) is 0 Å². The van der Waals surface area contributed by atoms with Crippen LogP contribution in [0.15, 0.2) is 24.3 Å². The van der Waals surface area contributed by atoms with E-state index in [0.29, 0.717) is 10.0 Å². The number of carbonyl (C=O) groups excluding carboxylic acids is 1. The number of halogens is 2. The van der Waals surface area contributed by atoms with Crippen molar-refractivity contribution in [2.24, 2.45) is 0 Å². The number of benzene rings is 1. The molecule has 0 spiro atoms. The zero-order valence-electron chi connectivity index (χ0n) is 7.97. The fourth-order valence-corrected chi connectivity index (χ4v) is 1.70. The van der Waals surface area contributed by atoms with E-state index in [4.69, 9.17) is 23.2 Å². The number of hydrogen-bond acceptors (Lipinski definition) is 1. The van der Waals surface area contributed by atoms with Crippen LogP contribution in [0.25, 0.3) is 5.57 Å². The van der Waals surface area contributed by atoms with Crippen molar-refractivity contribution < 1.29 is 4.79 Å². The van der Waals surface area contributed by atoms with Crippen molar-refractivity contribution in [1.29, 1.82) is 0 Å². The molecule has 0 aliphatic rings. The molecule has 3 heteroatoms. The Hall–Kier alpha value is -0.790. The molecule has 0 saturated heterocycles. The Morgan fingerprint density at radius 2 is 1.64 bits per heavy atom. The molecule has 0 atom stereocenters. The molecule has 0 aliphatic heterocycles. The molecule has 0 saturated carbocycles. The van der Waals surface area contributed by atoms with E-state index in [1.807, 2.05) is 6.92 Å². The van der Waals surface area contributed by atoms with Crippen LogP contribution in [0.2, 0.25) is 10.0 Å². The summed E-state index contributed by atoms with van der Waals surface area (Å²) in [6.45, 7) is 3.36. The van der Waals surface area contributed by atoms with Crippen LogP contribution < -0.4 is 0 Å². The van der Waals surface area contributed by atoms with Gasteiger partial charge in [-0.15, -0.1) is 0 Å². The van der Waals surface area contributed by atoms with Crippen molar-refractivity contribution in [2.75, 3.05) is 0 Å². The van der Waals surface area contributed by atoms with Gasteiger partial charge in [0, 0.05) is 10.0 Å². The molecular weight excluding hydrogens is 219 g/mol. The van der Waals surface area contributed by atoms with Crippen LogP contribution in [-0.4, -0.2) is 5.78 Å². The van der Waals surface area contributed by atoms with Crippen molar-refractivity contribution in [2.45, 2.75) is 13.8 Å². The predicted molar refractivity (Wildman–Crippen MR) is 60.8 cm³/mol. The van der Waals surface area contributed by atoms with Gasteiger partial charge in [-0.05, 0) is 49.3 Å². The fraction of sp³-hybridized carbons (Fsp3) is 0.182. The van der Waals surface area contributed by atoms with E-state index in [0.717, 1.165) is 11.1 Å². The summed E-state index contributed by atoms with van der Waals surface area (Å²) >= 11 is 11.7. The first-order valence-electron chi connectivity index (χ1n) is 4.14. The number of rotatable bonds is 2. The van der Waals surface area contributed by atoms with Gasteiger partial charge in [0.25, 0.3) is 0 Å². The van der Waals surface area contributed by atoms with Crippen LogP contribution in [0, 0.1) is 0 Å². The third-order valence-electron chi connectivity index (χ3n) is 1.74. The van der Waals surface area contributed by atoms with E-state index in [9.17, 15) is 4.79 Å². The third-order valence-corrected chi connectivity index (χ3v) is 2.17. The quantitative estimate of drug-likeness (QED) is 0.701. The Kier molecular flexibility index (Phi) is 3.73. The Morgan fingerprint density at radius 3 is 2.07 bits per heavy atom. The van der Waals surface area contributed by atoms with Gasteiger partial charge in [0.2, 0.25) is 0 Å². The van der Waals surface area contributed by atoms with Crippen LogP contribution in [0.4, 0.5) is 0 Å². The standard InChI is InChI=1S/C11H10Cl2O/c1-7(3-8(2)14)9-4-10(12)6-11(13)5-9/h3-6H,1-2H3/b7-3+. The first-order valence-corrected chi connectivity index (χ1v) is 4.90. The molecule has 74 valence electrons. The topological polar surface area (TPSA) is 17.1 Å². The van der Waals surface area contributed by atoms with E-state index < -0.39 is 0 Å². The second kappa shape index (κ2) is 4.63. The molecule has 0 unspecified atom stereocenters. The first-order chi connectivity index (χ1) is 6.49. The molecule has 0 heterocycles. The van der Waals surface area contributed by atoms with Gasteiger partial charge in [-0.1, -0.05) is 23.2 Å². The summed E-state index contributed by atoms with van der Waals surface area (Å²) in [6, 6.07) is 5.22. The Balaban J connectivity index is 3.13. The van der Waals surface area contributed by atoms with Gasteiger partial charge in [0.05, 0.1) is 0 Å². The van der Waals surface area contributed by atoms with Crippen molar-refractivity contribution in [1.82, 2.24) is 0 Å². The van der Waals surface area contributed by atoms with Gasteiger partial charge in [-0.25, -0.2) is 0 Å². The molecule has 0 fully saturated rings. The summed E-state index contributed by atoms with van der Waals surface area (Å²) in [5.41, 5.74) is 1.74. The maximum atomic E-state index is 10.9. The highest BCUT2D eigenvalue weighted by Gasteiger charge is 2.00. The summed E-state index contributed by atoms with van der Waals surface area (Å²) in [5, 5.41) is 1.15. The minimum Gasteiger partial charge on any atom is -0.295 e. The van der Waals surface area contributed by atoms with Gasteiger partial charge >= 0.3 is 0 Å². The van der Waals surface area contributed by atoms with Crippen LogP contribution in [0.1, 0.15) is 19.4 Å². The molecule has 1 aromatic carbocycles. The first kappa shape index (κ1) is 11.3. The Labute approximate surface area is 93.3 Å². The second-order valence-corrected chi connectivity index (χ2v) is 3.97. The van der Waals surface area contributed by atoms with Gasteiger partial charge in [-0.2, -0.15) is 0 Å². The molecule has 0 amide bonds. The molecule has 0 aromatic heterocycles. The zero-order chi connectivity index (χ0) is 10.7. The molecule has 1 aromatic rings. The van der Waals surface area contributed by atoms with Crippen molar-refractivity contribution in [3.63, 3.8) is 0 Å². The summed E-state index contributed by atoms with van der Waals surface area (Å²) < 4.78 is 0. The normalized spacial score (nSPS) is 11.6. The highest BCUT2D eigenvalue weighted by atomic mass is 35.5. The lowest BCUT2D eigenvalue weighted by atomic mass is 10.1. The molecule has 0 bridgehead atoms. The van der Waals surface area contributed by atoms with E-state index in [1.165, 1.54) is 6.92 Å². The lowest BCUT2D eigenvalue weighted by Gasteiger charge is -2.02. The van der Waals surface area contributed by atoms with E-state index in [-0.39, 0.29) is 5.78 Å². The van der Waals surface area contributed by atoms with Crippen LogP contribution in [0.3, 0.4) is 0 Å². The SMILES string of the molecule is CC(=O)/C=C(\C)c1cc(Cl)cc(Cl)c1. The van der Waals surface area contributed by atoms with Crippen LogP contribution in [0.5, 0.6) is 0 Å². The fourth-order valence-electron chi connectivity index (χ4n) is 1.17. The highest BCUT2D eigenvalue weighted by Crippen LogP contribution is 2.23. The average Bonchev–Trinajstić information content (AvgIpc) is 2.00. The zero-order valence-corrected chi connectivity index (χ0v) is 9.49. The second-order valence-electron chi connectivity index (χ2n) is 3.10. The largest absolute Gasteiger partial charge is 0.295 e. The summed E-state index contributed by atoms with van der Waals surface area (Å²) in [5.74, 6) is 0.0126. The van der Waals surface area contributed by atoms with Gasteiger partial charge in [-0.3, -0.25) is 4.79 Å². The average molecular weight is 229 g/mol. The summed E-state index contributed by atoms with van der Waals surface area (Å²) in [4.78, 5) is 10.9. The Bertz CT molecular complexity index is 374.